The van der Waals surface area contributed by atoms with Gasteiger partial charge in [0.25, 0.3) is 0 Å². The standard InChI is InChI=1S/C16H32N2O2/c1-8-20-14(19)11-13-12-17(15(2,3)4)9-10-18(13)16(5,6)7/h13H,8-12H2,1-7H3. The van der Waals surface area contributed by atoms with Crippen molar-refractivity contribution in [3.8, 4) is 0 Å². The van der Waals surface area contributed by atoms with Crippen molar-refractivity contribution < 1.29 is 9.53 Å². The van der Waals surface area contributed by atoms with Crippen molar-refractivity contribution in [2.45, 2.75) is 72.0 Å². The molecule has 118 valence electrons. The van der Waals surface area contributed by atoms with Crippen LogP contribution in [0.25, 0.3) is 0 Å². The van der Waals surface area contributed by atoms with Crippen LogP contribution in [0.4, 0.5) is 0 Å². The molecule has 0 N–H and O–H groups in total. The summed E-state index contributed by atoms with van der Waals surface area (Å²) in [4.78, 5) is 16.8. The molecule has 0 radical (unpaired) electrons. The van der Waals surface area contributed by atoms with Gasteiger partial charge in [0, 0.05) is 36.8 Å². The van der Waals surface area contributed by atoms with E-state index < -0.39 is 0 Å². The van der Waals surface area contributed by atoms with Gasteiger partial charge in [-0.15, -0.1) is 0 Å². The Balaban J connectivity index is 2.81. The van der Waals surface area contributed by atoms with E-state index in [0.717, 1.165) is 19.6 Å². The summed E-state index contributed by atoms with van der Waals surface area (Å²) in [6.07, 6.45) is 0.484. The van der Waals surface area contributed by atoms with Gasteiger partial charge in [0.15, 0.2) is 0 Å². The van der Waals surface area contributed by atoms with Crippen molar-refractivity contribution in [3.05, 3.63) is 0 Å². The van der Waals surface area contributed by atoms with Crippen molar-refractivity contribution in [1.82, 2.24) is 9.80 Å². The van der Waals surface area contributed by atoms with Gasteiger partial charge >= 0.3 is 5.97 Å². The molecule has 4 heteroatoms. The second-order valence-electron chi connectivity index (χ2n) is 7.64. The summed E-state index contributed by atoms with van der Waals surface area (Å²) in [5, 5.41) is 0. The molecule has 0 aromatic rings. The maximum atomic E-state index is 11.9. The Morgan fingerprint density at radius 3 is 2.15 bits per heavy atom. The minimum Gasteiger partial charge on any atom is -0.466 e. The fourth-order valence-electron chi connectivity index (χ4n) is 2.93. The summed E-state index contributed by atoms with van der Waals surface area (Å²) in [5.74, 6) is -0.0810. The number of ether oxygens (including phenoxy) is 1. The van der Waals surface area contributed by atoms with Crippen molar-refractivity contribution in [2.75, 3.05) is 26.2 Å². The Labute approximate surface area is 124 Å². The molecule has 1 rings (SSSR count). The lowest BCUT2D eigenvalue weighted by molar-refractivity contribution is -0.146. The van der Waals surface area contributed by atoms with Gasteiger partial charge in [-0.3, -0.25) is 14.6 Å². The zero-order chi connectivity index (χ0) is 15.6. The zero-order valence-corrected chi connectivity index (χ0v) is 14.3. The molecule has 0 aliphatic carbocycles. The van der Waals surface area contributed by atoms with Gasteiger partial charge in [-0.25, -0.2) is 0 Å². The molecule has 20 heavy (non-hydrogen) atoms. The van der Waals surface area contributed by atoms with Crippen LogP contribution in [-0.2, 0) is 9.53 Å². The third kappa shape index (κ3) is 4.74. The number of hydrogen-bond acceptors (Lipinski definition) is 4. The Hall–Kier alpha value is -0.610. The van der Waals surface area contributed by atoms with Gasteiger partial charge in [0.1, 0.15) is 0 Å². The van der Waals surface area contributed by atoms with E-state index in [4.69, 9.17) is 4.74 Å². The van der Waals surface area contributed by atoms with Gasteiger partial charge in [-0.1, -0.05) is 0 Å². The fraction of sp³-hybridized carbons (Fsp3) is 0.938. The number of carbonyl (C=O) groups excluding carboxylic acids is 1. The molecule has 1 unspecified atom stereocenters. The summed E-state index contributed by atoms with van der Waals surface area (Å²) >= 11 is 0. The molecule has 1 aliphatic heterocycles. The average molecular weight is 284 g/mol. The summed E-state index contributed by atoms with van der Waals surface area (Å²) in [6.45, 7) is 18.7. The molecule has 1 fully saturated rings. The van der Waals surface area contributed by atoms with E-state index in [9.17, 15) is 4.79 Å². The quantitative estimate of drug-likeness (QED) is 0.746. The van der Waals surface area contributed by atoms with Crippen molar-refractivity contribution in [1.29, 1.82) is 0 Å². The van der Waals surface area contributed by atoms with E-state index in [1.54, 1.807) is 0 Å². The Morgan fingerprint density at radius 1 is 1.10 bits per heavy atom. The first-order chi connectivity index (χ1) is 9.05. The van der Waals surface area contributed by atoms with Gasteiger partial charge in [-0.2, -0.15) is 0 Å². The molecule has 0 spiro atoms. The molecular weight excluding hydrogens is 252 g/mol. The van der Waals surface area contributed by atoms with Crippen LogP contribution in [0.1, 0.15) is 54.9 Å². The van der Waals surface area contributed by atoms with Crippen LogP contribution in [0.15, 0.2) is 0 Å². The van der Waals surface area contributed by atoms with Crippen LogP contribution >= 0.6 is 0 Å². The highest BCUT2D eigenvalue weighted by Gasteiger charge is 2.38. The van der Waals surface area contributed by atoms with E-state index in [2.05, 4.69) is 51.3 Å². The molecule has 1 saturated heterocycles. The lowest BCUT2D eigenvalue weighted by Gasteiger charge is -2.51. The maximum Gasteiger partial charge on any atom is 0.307 e. The van der Waals surface area contributed by atoms with Crippen LogP contribution in [0.3, 0.4) is 0 Å². The van der Waals surface area contributed by atoms with Crippen LogP contribution in [-0.4, -0.2) is 59.1 Å². The second kappa shape index (κ2) is 6.44. The summed E-state index contributed by atoms with van der Waals surface area (Å²) < 4.78 is 5.14. The SMILES string of the molecule is CCOC(=O)CC1CN(C(C)(C)C)CCN1C(C)(C)C. The Kier molecular flexibility index (Phi) is 5.61. The minimum atomic E-state index is -0.0810. The van der Waals surface area contributed by atoms with Gasteiger partial charge < -0.3 is 4.74 Å². The number of carbonyl (C=O) groups is 1. The highest BCUT2D eigenvalue weighted by molar-refractivity contribution is 5.70. The molecule has 1 aliphatic rings. The summed E-state index contributed by atoms with van der Waals surface area (Å²) in [5.41, 5.74) is 0.234. The first-order valence-corrected chi connectivity index (χ1v) is 7.73. The smallest absolute Gasteiger partial charge is 0.307 e. The van der Waals surface area contributed by atoms with E-state index in [-0.39, 0.29) is 23.1 Å². The summed E-state index contributed by atoms with van der Waals surface area (Å²) in [6, 6.07) is 0.238. The third-order valence-electron chi connectivity index (χ3n) is 4.00. The topological polar surface area (TPSA) is 32.8 Å². The van der Waals surface area contributed by atoms with Crippen molar-refractivity contribution in [3.63, 3.8) is 0 Å². The molecule has 0 bridgehead atoms. The van der Waals surface area contributed by atoms with E-state index in [1.807, 2.05) is 6.92 Å². The third-order valence-corrected chi connectivity index (χ3v) is 4.00. The van der Waals surface area contributed by atoms with Crippen LogP contribution in [0.2, 0.25) is 0 Å². The summed E-state index contributed by atoms with van der Waals surface area (Å²) in [7, 11) is 0. The highest BCUT2D eigenvalue weighted by atomic mass is 16.5. The first kappa shape index (κ1) is 17.4. The van der Waals surface area contributed by atoms with Crippen LogP contribution in [0, 0.1) is 0 Å². The molecule has 1 heterocycles. The Morgan fingerprint density at radius 2 is 1.70 bits per heavy atom. The lowest BCUT2D eigenvalue weighted by atomic mass is 9.95. The first-order valence-electron chi connectivity index (χ1n) is 7.73. The predicted molar refractivity (Wildman–Crippen MR) is 82.8 cm³/mol. The molecule has 0 aromatic carbocycles. The molecule has 0 amide bonds. The van der Waals surface area contributed by atoms with Crippen molar-refractivity contribution in [2.24, 2.45) is 0 Å². The number of piperazine rings is 1. The van der Waals surface area contributed by atoms with Gasteiger partial charge in [0.05, 0.1) is 13.0 Å². The van der Waals surface area contributed by atoms with Crippen molar-refractivity contribution >= 4 is 5.97 Å². The Bertz CT molecular complexity index is 328. The molecule has 1 atom stereocenters. The largest absolute Gasteiger partial charge is 0.466 e. The average Bonchev–Trinajstić information content (AvgIpc) is 2.26. The lowest BCUT2D eigenvalue weighted by Crippen LogP contribution is -2.62. The monoisotopic (exact) mass is 284 g/mol. The zero-order valence-electron chi connectivity index (χ0n) is 14.3. The maximum absolute atomic E-state index is 11.9. The number of rotatable bonds is 3. The number of nitrogens with zero attached hydrogens (tertiary/aromatic N) is 2. The molecule has 0 aromatic heterocycles. The van der Waals surface area contributed by atoms with Crippen LogP contribution < -0.4 is 0 Å². The normalized spacial score (nSPS) is 22.9. The van der Waals surface area contributed by atoms with E-state index in [1.165, 1.54) is 0 Å². The predicted octanol–water partition coefficient (Wildman–Crippen LogP) is 2.52. The van der Waals surface area contributed by atoms with Gasteiger partial charge in [0.2, 0.25) is 0 Å². The van der Waals surface area contributed by atoms with E-state index in [0.29, 0.717) is 13.0 Å². The molecular formula is C16H32N2O2. The second-order valence-corrected chi connectivity index (χ2v) is 7.64. The number of hydrogen-bond donors (Lipinski definition) is 0. The number of esters is 1. The highest BCUT2D eigenvalue weighted by Crippen LogP contribution is 2.26. The van der Waals surface area contributed by atoms with Crippen LogP contribution in [0.5, 0.6) is 0 Å². The molecule has 0 saturated carbocycles. The molecule has 4 nitrogen and oxygen atoms in total. The van der Waals surface area contributed by atoms with Gasteiger partial charge in [-0.05, 0) is 48.5 Å². The van der Waals surface area contributed by atoms with E-state index >= 15 is 0 Å². The fourth-order valence-corrected chi connectivity index (χ4v) is 2.93. The minimum absolute atomic E-state index is 0.0810.